The zero-order chi connectivity index (χ0) is 29.0. The third-order valence-electron chi connectivity index (χ3n) is 7.13. The maximum Gasteiger partial charge on any atom is 0.407 e. The van der Waals surface area contributed by atoms with Crippen molar-refractivity contribution in [2.24, 2.45) is 0 Å². The highest BCUT2D eigenvalue weighted by molar-refractivity contribution is 5.82. The average molecular weight is 550 g/mol. The molecule has 1 aliphatic rings. The van der Waals surface area contributed by atoms with Crippen molar-refractivity contribution in [1.29, 1.82) is 0 Å². The Morgan fingerprint density at radius 3 is 2.02 bits per heavy atom. The molecule has 1 N–H and O–H groups in total. The normalized spacial score (nSPS) is 13.2. The highest BCUT2D eigenvalue weighted by atomic mass is 16.6. The molecule has 5 rings (SSSR count). The summed E-state index contributed by atoms with van der Waals surface area (Å²) in [6, 6.07) is 27.1. The molecule has 4 aromatic rings. The fourth-order valence-electron chi connectivity index (χ4n) is 5.25. The molecule has 1 aliphatic carbocycles. The van der Waals surface area contributed by atoms with Gasteiger partial charge in [-0.1, -0.05) is 79.7 Å². The van der Waals surface area contributed by atoms with Gasteiger partial charge in [-0.2, -0.15) is 10.2 Å². The molecule has 0 radical (unpaired) electrons. The zero-order valence-electron chi connectivity index (χ0n) is 23.9. The minimum Gasteiger partial charge on any atom is -0.458 e. The number of nitrogens with one attached hydrogen (secondary N) is 1. The number of hydrogen-bond acceptors (Lipinski definition) is 6. The topological polar surface area (TPSA) is 90.4 Å². The van der Waals surface area contributed by atoms with Gasteiger partial charge in [0.05, 0.1) is 11.4 Å². The molecule has 210 valence electrons. The number of aromatic nitrogens is 2. The number of ether oxygens (including phenoxy) is 2. The second kappa shape index (κ2) is 11.9. The van der Waals surface area contributed by atoms with E-state index in [2.05, 4.69) is 52.8 Å². The molecule has 1 atom stereocenters. The number of hydrogen-bond donors (Lipinski definition) is 1. The van der Waals surface area contributed by atoms with E-state index in [0.717, 1.165) is 39.9 Å². The smallest absolute Gasteiger partial charge is 0.407 e. The standard InChI is InChI=1S/C34H35N3O4/c1-5-22-12-6-7-13-24(22)30-19-18-23(36-37-30)20-31(32(38)41-34(2,3)4)35-33(39)40-21-29-27-16-10-8-14-25(27)26-15-9-11-17-28(26)29/h6-19,29,31H,5,20-21H2,1-4H3,(H,35,39)/t31-/m0/s1. The number of carbonyl (C=O) groups is 2. The second-order valence-electron chi connectivity index (χ2n) is 11.2. The number of benzene rings is 3. The zero-order valence-corrected chi connectivity index (χ0v) is 23.9. The van der Waals surface area contributed by atoms with Crippen LogP contribution in [0.5, 0.6) is 0 Å². The Labute approximate surface area is 240 Å². The van der Waals surface area contributed by atoms with E-state index in [1.54, 1.807) is 20.8 Å². The molecule has 0 saturated carbocycles. The SMILES string of the molecule is CCc1ccccc1-c1ccc(C[C@H](NC(=O)OCC2c3ccccc3-c3ccccc32)C(=O)OC(C)(C)C)nn1. The van der Waals surface area contributed by atoms with Gasteiger partial charge in [-0.15, -0.1) is 0 Å². The van der Waals surface area contributed by atoms with E-state index in [1.807, 2.05) is 54.6 Å². The van der Waals surface area contributed by atoms with Crippen molar-refractivity contribution in [2.75, 3.05) is 6.61 Å². The largest absolute Gasteiger partial charge is 0.458 e. The summed E-state index contributed by atoms with van der Waals surface area (Å²) in [5.74, 6) is -0.647. The Balaban J connectivity index is 1.29. The van der Waals surface area contributed by atoms with E-state index in [1.165, 1.54) is 5.56 Å². The van der Waals surface area contributed by atoms with Crippen LogP contribution in [0.2, 0.25) is 0 Å². The molecule has 0 saturated heterocycles. The molecule has 0 aliphatic heterocycles. The van der Waals surface area contributed by atoms with Crippen LogP contribution in [-0.4, -0.2) is 40.5 Å². The molecule has 3 aromatic carbocycles. The number of rotatable bonds is 8. The Hall–Kier alpha value is -4.52. The Kier molecular flexibility index (Phi) is 8.15. The molecule has 1 aromatic heterocycles. The van der Waals surface area contributed by atoms with Gasteiger partial charge >= 0.3 is 12.1 Å². The maximum absolute atomic E-state index is 13.1. The lowest BCUT2D eigenvalue weighted by Gasteiger charge is -2.24. The molecular weight excluding hydrogens is 514 g/mol. The van der Waals surface area contributed by atoms with Crippen LogP contribution in [0.15, 0.2) is 84.9 Å². The van der Waals surface area contributed by atoms with Gasteiger partial charge in [0.25, 0.3) is 0 Å². The monoisotopic (exact) mass is 549 g/mol. The van der Waals surface area contributed by atoms with Crippen LogP contribution < -0.4 is 5.32 Å². The summed E-state index contributed by atoms with van der Waals surface area (Å²) in [6.07, 6.45) is 0.302. The van der Waals surface area contributed by atoms with Crippen LogP contribution in [0.3, 0.4) is 0 Å². The van der Waals surface area contributed by atoms with Crippen LogP contribution in [0.4, 0.5) is 4.79 Å². The van der Waals surface area contributed by atoms with Crippen molar-refractivity contribution >= 4 is 12.1 Å². The number of aryl methyl sites for hydroxylation is 1. The molecule has 1 amide bonds. The number of fused-ring (bicyclic) bond motifs is 3. The lowest BCUT2D eigenvalue weighted by molar-refractivity contribution is -0.157. The van der Waals surface area contributed by atoms with E-state index >= 15 is 0 Å². The molecular formula is C34H35N3O4. The maximum atomic E-state index is 13.1. The van der Waals surface area contributed by atoms with Gasteiger partial charge < -0.3 is 14.8 Å². The lowest BCUT2D eigenvalue weighted by Crippen LogP contribution is -2.46. The first-order valence-corrected chi connectivity index (χ1v) is 14.0. The Bertz CT molecular complexity index is 1500. The van der Waals surface area contributed by atoms with Gasteiger partial charge in [0.2, 0.25) is 0 Å². The van der Waals surface area contributed by atoms with Crippen molar-refractivity contribution in [3.63, 3.8) is 0 Å². The van der Waals surface area contributed by atoms with E-state index in [-0.39, 0.29) is 18.9 Å². The number of carbonyl (C=O) groups excluding carboxylic acids is 2. The van der Waals surface area contributed by atoms with Crippen LogP contribution in [-0.2, 0) is 27.1 Å². The summed E-state index contributed by atoms with van der Waals surface area (Å²) in [5.41, 5.74) is 7.31. The first kappa shape index (κ1) is 28.0. The summed E-state index contributed by atoms with van der Waals surface area (Å²) in [4.78, 5) is 26.1. The number of amides is 1. The molecule has 0 unspecified atom stereocenters. The van der Waals surface area contributed by atoms with Gasteiger partial charge in [0.15, 0.2) is 0 Å². The molecule has 41 heavy (non-hydrogen) atoms. The Morgan fingerprint density at radius 1 is 0.829 bits per heavy atom. The fourth-order valence-corrected chi connectivity index (χ4v) is 5.25. The molecule has 7 nitrogen and oxygen atoms in total. The molecule has 0 spiro atoms. The molecule has 0 fully saturated rings. The minimum absolute atomic E-state index is 0.0856. The van der Waals surface area contributed by atoms with Crippen molar-refractivity contribution < 1.29 is 19.1 Å². The van der Waals surface area contributed by atoms with E-state index in [4.69, 9.17) is 9.47 Å². The summed E-state index contributed by atoms with van der Waals surface area (Å²) >= 11 is 0. The van der Waals surface area contributed by atoms with Crippen molar-refractivity contribution in [2.45, 2.75) is 58.1 Å². The number of nitrogens with zero attached hydrogens (tertiary/aromatic N) is 2. The highest BCUT2D eigenvalue weighted by Crippen LogP contribution is 2.44. The molecule has 7 heteroatoms. The summed E-state index contributed by atoms with van der Waals surface area (Å²) in [5, 5.41) is 11.5. The summed E-state index contributed by atoms with van der Waals surface area (Å²) in [7, 11) is 0. The second-order valence-corrected chi connectivity index (χ2v) is 11.2. The predicted molar refractivity (Wildman–Crippen MR) is 158 cm³/mol. The van der Waals surface area contributed by atoms with Gasteiger partial charge in [0, 0.05) is 17.9 Å². The number of alkyl carbamates (subject to hydrolysis) is 1. The van der Waals surface area contributed by atoms with E-state index in [0.29, 0.717) is 5.69 Å². The Morgan fingerprint density at radius 2 is 1.44 bits per heavy atom. The third kappa shape index (κ3) is 6.46. The van der Waals surface area contributed by atoms with Crippen LogP contribution in [0, 0.1) is 0 Å². The van der Waals surface area contributed by atoms with E-state index < -0.39 is 23.7 Å². The van der Waals surface area contributed by atoms with Gasteiger partial charge in [-0.3, -0.25) is 0 Å². The van der Waals surface area contributed by atoms with Gasteiger partial charge in [0.1, 0.15) is 18.2 Å². The summed E-state index contributed by atoms with van der Waals surface area (Å²) in [6.45, 7) is 7.60. The quantitative estimate of drug-likeness (QED) is 0.253. The third-order valence-corrected chi connectivity index (χ3v) is 7.13. The lowest BCUT2D eigenvalue weighted by atomic mass is 9.98. The minimum atomic E-state index is -0.993. The number of esters is 1. The highest BCUT2D eigenvalue weighted by Gasteiger charge is 2.31. The molecule has 0 bridgehead atoms. The fraction of sp³-hybridized carbons (Fsp3) is 0.294. The van der Waals surface area contributed by atoms with Crippen LogP contribution in [0.25, 0.3) is 22.4 Å². The molecule has 1 heterocycles. The summed E-state index contributed by atoms with van der Waals surface area (Å²) < 4.78 is 11.3. The van der Waals surface area contributed by atoms with Crippen molar-refractivity contribution in [3.8, 4) is 22.4 Å². The van der Waals surface area contributed by atoms with Crippen LogP contribution >= 0.6 is 0 Å². The first-order valence-electron chi connectivity index (χ1n) is 14.0. The first-order chi connectivity index (χ1) is 19.7. The average Bonchev–Trinajstić information content (AvgIpc) is 3.29. The van der Waals surface area contributed by atoms with E-state index in [9.17, 15) is 9.59 Å². The van der Waals surface area contributed by atoms with Crippen molar-refractivity contribution in [3.05, 3.63) is 107 Å². The van der Waals surface area contributed by atoms with Gasteiger partial charge in [-0.25, -0.2) is 9.59 Å². The van der Waals surface area contributed by atoms with Gasteiger partial charge in [-0.05, 0) is 67.1 Å². The predicted octanol–water partition coefficient (Wildman–Crippen LogP) is 6.50. The van der Waals surface area contributed by atoms with Crippen LogP contribution in [0.1, 0.15) is 56.0 Å². The van der Waals surface area contributed by atoms with Crippen molar-refractivity contribution in [1.82, 2.24) is 15.5 Å².